The molecule has 0 bridgehead atoms. The van der Waals surface area contributed by atoms with Crippen molar-refractivity contribution >= 4 is 11.6 Å². The van der Waals surface area contributed by atoms with Gasteiger partial charge in [0.2, 0.25) is 6.79 Å². The fraction of sp³-hybridized carbons (Fsp3) is 0.333. The summed E-state index contributed by atoms with van der Waals surface area (Å²) in [6.07, 6.45) is 5.74. The van der Waals surface area contributed by atoms with E-state index in [4.69, 9.17) is 21.1 Å². The Kier molecular flexibility index (Phi) is 3.65. The van der Waals surface area contributed by atoms with E-state index in [0.717, 1.165) is 42.3 Å². The summed E-state index contributed by atoms with van der Waals surface area (Å²) in [5.74, 6) is 1.65. The zero-order chi connectivity index (χ0) is 17.7. The van der Waals surface area contributed by atoms with Crippen LogP contribution in [-0.4, -0.2) is 38.0 Å². The molecule has 3 aromatic rings. The van der Waals surface area contributed by atoms with Gasteiger partial charge >= 0.3 is 0 Å². The Bertz CT molecular complexity index is 966. The zero-order valence-corrected chi connectivity index (χ0v) is 15.0. The molecule has 7 nitrogen and oxygen atoms in total. The molecule has 0 radical (unpaired) electrons. The van der Waals surface area contributed by atoms with Gasteiger partial charge in [0, 0.05) is 55.4 Å². The average molecular weight is 372 g/mol. The molecule has 0 saturated carbocycles. The van der Waals surface area contributed by atoms with Crippen LogP contribution >= 0.6 is 11.6 Å². The van der Waals surface area contributed by atoms with E-state index < -0.39 is 0 Å². The van der Waals surface area contributed by atoms with Crippen LogP contribution in [0.15, 0.2) is 30.9 Å². The van der Waals surface area contributed by atoms with Crippen molar-refractivity contribution in [3.63, 3.8) is 0 Å². The van der Waals surface area contributed by atoms with Crippen LogP contribution in [0.5, 0.6) is 11.5 Å². The molecular weight excluding hydrogens is 354 g/mol. The van der Waals surface area contributed by atoms with E-state index in [-0.39, 0.29) is 12.7 Å². The Hall–Kier alpha value is -2.51. The lowest BCUT2D eigenvalue weighted by Gasteiger charge is -2.31. The highest BCUT2D eigenvalue weighted by Crippen LogP contribution is 2.38. The Labute approximate surface area is 155 Å². The van der Waals surface area contributed by atoms with Gasteiger partial charge in [-0.2, -0.15) is 5.10 Å². The summed E-state index contributed by atoms with van der Waals surface area (Å²) in [4.78, 5) is 10.2. The number of aromatic amines is 1. The molecule has 134 valence electrons. The van der Waals surface area contributed by atoms with Crippen LogP contribution in [0.4, 0.5) is 0 Å². The monoisotopic (exact) mass is 371 g/mol. The summed E-state index contributed by atoms with van der Waals surface area (Å²) >= 11 is 6.47. The van der Waals surface area contributed by atoms with E-state index in [0.29, 0.717) is 10.8 Å². The van der Waals surface area contributed by atoms with Gasteiger partial charge in [0.15, 0.2) is 11.5 Å². The highest BCUT2D eigenvalue weighted by atomic mass is 35.5. The van der Waals surface area contributed by atoms with Crippen molar-refractivity contribution < 1.29 is 9.47 Å². The maximum Gasteiger partial charge on any atom is 0.231 e. The molecule has 0 spiro atoms. The Morgan fingerprint density at radius 2 is 2.15 bits per heavy atom. The highest BCUT2D eigenvalue weighted by Gasteiger charge is 2.30. The number of rotatable bonds is 3. The maximum atomic E-state index is 6.47. The molecule has 1 unspecified atom stereocenters. The number of hydrogen-bond acceptors (Lipinski definition) is 5. The van der Waals surface area contributed by atoms with E-state index in [1.165, 1.54) is 5.56 Å². The van der Waals surface area contributed by atoms with Gasteiger partial charge in [-0.3, -0.25) is 9.58 Å². The average Bonchev–Trinajstić information content (AvgIpc) is 3.34. The SMILES string of the molecule is Cn1cc(C2CN(Cc3cc4c(cc3Cl)OCO4)Cc3[nH]cnc32)cn1. The summed E-state index contributed by atoms with van der Waals surface area (Å²) in [7, 11) is 1.93. The first-order chi connectivity index (χ1) is 12.7. The number of benzene rings is 1. The second-order valence-electron chi connectivity index (χ2n) is 6.73. The van der Waals surface area contributed by atoms with Crippen molar-refractivity contribution in [3.8, 4) is 11.5 Å². The van der Waals surface area contributed by atoms with Gasteiger partial charge in [-0.1, -0.05) is 11.6 Å². The molecule has 1 aromatic carbocycles. The van der Waals surface area contributed by atoms with Crippen molar-refractivity contribution in [2.45, 2.75) is 19.0 Å². The fourth-order valence-electron chi connectivity index (χ4n) is 3.72. The summed E-state index contributed by atoms with van der Waals surface area (Å²) < 4.78 is 12.7. The molecule has 0 aliphatic carbocycles. The van der Waals surface area contributed by atoms with E-state index in [2.05, 4.69) is 26.2 Å². The lowest BCUT2D eigenvalue weighted by Crippen LogP contribution is -2.33. The number of H-pyrrole nitrogens is 1. The molecule has 0 amide bonds. The molecule has 8 heteroatoms. The third kappa shape index (κ3) is 2.64. The van der Waals surface area contributed by atoms with Crippen LogP contribution in [0.1, 0.15) is 28.4 Å². The zero-order valence-electron chi connectivity index (χ0n) is 14.3. The smallest absolute Gasteiger partial charge is 0.231 e. The van der Waals surface area contributed by atoms with E-state index >= 15 is 0 Å². The van der Waals surface area contributed by atoms with Crippen molar-refractivity contribution in [1.82, 2.24) is 24.6 Å². The Balaban J connectivity index is 1.44. The molecule has 1 atom stereocenters. The predicted molar refractivity (Wildman–Crippen MR) is 95.3 cm³/mol. The topological polar surface area (TPSA) is 68.2 Å². The molecule has 5 rings (SSSR count). The lowest BCUT2D eigenvalue weighted by atomic mass is 9.93. The number of ether oxygens (including phenoxy) is 2. The molecule has 26 heavy (non-hydrogen) atoms. The second-order valence-corrected chi connectivity index (χ2v) is 7.14. The van der Waals surface area contributed by atoms with E-state index in [1.807, 2.05) is 30.1 Å². The molecule has 0 saturated heterocycles. The molecule has 1 N–H and O–H groups in total. The number of hydrogen-bond donors (Lipinski definition) is 1. The first kappa shape index (κ1) is 15.7. The van der Waals surface area contributed by atoms with Crippen LogP contribution in [0.2, 0.25) is 5.02 Å². The summed E-state index contributed by atoms with van der Waals surface area (Å²) in [6, 6.07) is 3.82. The van der Waals surface area contributed by atoms with Gasteiger partial charge < -0.3 is 14.5 Å². The van der Waals surface area contributed by atoms with Gasteiger partial charge in [-0.25, -0.2) is 4.98 Å². The van der Waals surface area contributed by atoms with Gasteiger partial charge in [-0.05, 0) is 11.6 Å². The van der Waals surface area contributed by atoms with Crippen molar-refractivity contribution in [2.24, 2.45) is 7.05 Å². The molecular formula is C18H18ClN5O2. The predicted octanol–water partition coefficient (Wildman–Crippen LogP) is 2.67. The van der Waals surface area contributed by atoms with E-state index in [9.17, 15) is 0 Å². The normalized spacial score (nSPS) is 18.9. The highest BCUT2D eigenvalue weighted by molar-refractivity contribution is 6.31. The number of nitrogens with zero attached hydrogens (tertiary/aromatic N) is 4. The number of aryl methyl sites for hydroxylation is 1. The van der Waals surface area contributed by atoms with Crippen molar-refractivity contribution in [1.29, 1.82) is 0 Å². The molecule has 4 heterocycles. The van der Waals surface area contributed by atoms with E-state index in [1.54, 1.807) is 6.33 Å². The first-order valence-corrected chi connectivity index (χ1v) is 8.86. The van der Waals surface area contributed by atoms with Gasteiger partial charge in [-0.15, -0.1) is 0 Å². The van der Waals surface area contributed by atoms with Gasteiger partial charge in [0.05, 0.1) is 23.9 Å². The second kappa shape index (κ2) is 6.03. The first-order valence-electron chi connectivity index (χ1n) is 8.48. The van der Waals surface area contributed by atoms with Crippen molar-refractivity contribution in [3.05, 3.63) is 58.4 Å². The number of halogens is 1. The van der Waals surface area contributed by atoms with Crippen LogP contribution in [0.25, 0.3) is 0 Å². The minimum absolute atomic E-state index is 0.187. The summed E-state index contributed by atoms with van der Waals surface area (Å²) in [6.45, 7) is 2.63. The van der Waals surface area contributed by atoms with Crippen LogP contribution in [0.3, 0.4) is 0 Å². The Morgan fingerprint density at radius 1 is 1.31 bits per heavy atom. The van der Waals surface area contributed by atoms with Crippen LogP contribution in [-0.2, 0) is 20.1 Å². The fourth-order valence-corrected chi connectivity index (χ4v) is 3.93. The van der Waals surface area contributed by atoms with Crippen molar-refractivity contribution in [2.75, 3.05) is 13.3 Å². The third-order valence-electron chi connectivity index (χ3n) is 4.97. The molecule has 2 aliphatic heterocycles. The lowest BCUT2D eigenvalue weighted by molar-refractivity contribution is 0.174. The molecule has 2 aliphatic rings. The number of nitrogens with one attached hydrogen (secondary N) is 1. The minimum Gasteiger partial charge on any atom is -0.454 e. The largest absolute Gasteiger partial charge is 0.454 e. The van der Waals surface area contributed by atoms with Gasteiger partial charge in [0.25, 0.3) is 0 Å². The standard InChI is InChI=1S/C18H18ClN5O2/c1-23-5-12(4-22-23)13-7-24(8-15-18(13)21-9-20-15)6-11-2-16-17(3-14(11)19)26-10-25-16/h2-5,9,13H,6-8,10H2,1H3,(H,20,21). The molecule has 0 fully saturated rings. The molecule has 2 aromatic heterocycles. The van der Waals surface area contributed by atoms with Crippen LogP contribution < -0.4 is 9.47 Å². The number of fused-ring (bicyclic) bond motifs is 2. The Morgan fingerprint density at radius 3 is 2.96 bits per heavy atom. The summed E-state index contributed by atoms with van der Waals surface area (Å²) in [5.41, 5.74) is 4.44. The quantitative estimate of drug-likeness (QED) is 0.766. The maximum absolute atomic E-state index is 6.47. The summed E-state index contributed by atoms with van der Waals surface area (Å²) in [5, 5.41) is 5.02. The van der Waals surface area contributed by atoms with Gasteiger partial charge in [0.1, 0.15) is 0 Å². The minimum atomic E-state index is 0.187. The number of imidazole rings is 1. The van der Waals surface area contributed by atoms with Crippen LogP contribution in [0, 0.1) is 0 Å². The third-order valence-corrected chi connectivity index (χ3v) is 5.32. The number of aromatic nitrogens is 4.